The van der Waals surface area contributed by atoms with Gasteiger partial charge in [-0.3, -0.25) is 0 Å². The van der Waals surface area contributed by atoms with E-state index < -0.39 is 0 Å². The number of hydrogen-bond acceptors (Lipinski definition) is 3. The summed E-state index contributed by atoms with van der Waals surface area (Å²) in [4.78, 5) is 0. The molecule has 1 rings (SSSR count). The van der Waals surface area contributed by atoms with Gasteiger partial charge in [-0.05, 0) is 38.1 Å². The van der Waals surface area contributed by atoms with Crippen LogP contribution in [0.4, 0.5) is 0 Å². The van der Waals surface area contributed by atoms with E-state index in [4.69, 9.17) is 9.15 Å². The summed E-state index contributed by atoms with van der Waals surface area (Å²) >= 11 is 0. The van der Waals surface area contributed by atoms with E-state index >= 15 is 0 Å². The van der Waals surface area contributed by atoms with Crippen LogP contribution in [0.25, 0.3) is 0 Å². The number of ether oxygens (including phenoxy) is 1. The molecule has 0 aromatic carbocycles. The van der Waals surface area contributed by atoms with Gasteiger partial charge in [0.05, 0.1) is 6.26 Å². The Hall–Kier alpha value is -0.800. The van der Waals surface area contributed by atoms with Gasteiger partial charge in [-0.25, -0.2) is 0 Å². The number of furan rings is 1. The summed E-state index contributed by atoms with van der Waals surface area (Å²) in [6.45, 7) is 5.80. The maximum atomic E-state index is 5.49. The van der Waals surface area contributed by atoms with E-state index in [0.717, 1.165) is 31.9 Å². The topological polar surface area (TPSA) is 34.4 Å². The monoisotopic (exact) mass is 239 g/mol. The standard InChI is InChI=1S/C14H25NO2/c1-2-3-4-5-9-15-10-7-11-16-13-14-8-6-12-17-14/h6,8,12,15H,2-5,7,9-11,13H2,1H3. The van der Waals surface area contributed by atoms with E-state index in [-0.39, 0.29) is 0 Å². The highest BCUT2D eigenvalue weighted by Gasteiger charge is 1.95. The van der Waals surface area contributed by atoms with Crippen molar-refractivity contribution in [1.82, 2.24) is 5.32 Å². The predicted octanol–water partition coefficient (Wildman–Crippen LogP) is 3.36. The number of hydrogen-bond donors (Lipinski definition) is 1. The molecule has 98 valence electrons. The van der Waals surface area contributed by atoms with Crippen molar-refractivity contribution in [2.75, 3.05) is 19.7 Å². The summed E-state index contributed by atoms with van der Waals surface area (Å²) in [6, 6.07) is 3.82. The van der Waals surface area contributed by atoms with Crippen LogP contribution >= 0.6 is 0 Å². The van der Waals surface area contributed by atoms with Crippen LogP contribution in [-0.2, 0) is 11.3 Å². The zero-order valence-corrected chi connectivity index (χ0v) is 10.9. The maximum absolute atomic E-state index is 5.49. The summed E-state index contributed by atoms with van der Waals surface area (Å²) in [5, 5.41) is 3.43. The first-order valence-corrected chi connectivity index (χ1v) is 6.74. The molecule has 0 saturated heterocycles. The highest BCUT2D eigenvalue weighted by atomic mass is 16.5. The van der Waals surface area contributed by atoms with Crippen molar-refractivity contribution in [2.24, 2.45) is 0 Å². The number of rotatable bonds is 11. The summed E-state index contributed by atoms with van der Waals surface area (Å²) in [7, 11) is 0. The van der Waals surface area contributed by atoms with Gasteiger partial charge in [0, 0.05) is 6.61 Å². The van der Waals surface area contributed by atoms with E-state index in [1.165, 1.54) is 25.7 Å². The molecular weight excluding hydrogens is 214 g/mol. The lowest BCUT2D eigenvalue weighted by Gasteiger charge is -2.05. The fraction of sp³-hybridized carbons (Fsp3) is 0.714. The molecule has 1 heterocycles. The maximum Gasteiger partial charge on any atom is 0.129 e. The van der Waals surface area contributed by atoms with Crippen molar-refractivity contribution >= 4 is 0 Å². The molecule has 3 nitrogen and oxygen atoms in total. The van der Waals surface area contributed by atoms with Gasteiger partial charge in [0.2, 0.25) is 0 Å². The smallest absolute Gasteiger partial charge is 0.129 e. The minimum absolute atomic E-state index is 0.587. The second-order valence-corrected chi connectivity index (χ2v) is 4.30. The Balaban J connectivity index is 1.76. The van der Waals surface area contributed by atoms with Gasteiger partial charge in [-0.15, -0.1) is 0 Å². The zero-order valence-electron chi connectivity index (χ0n) is 10.9. The van der Waals surface area contributed by atoms with Crippen molar-refractivity contribution in [1.29, 1.82) is 0 Å². The van der Waals surface area contributed by atoms with Crippen LogP contribution < -0.4 is 5.32 Å². The molecule has 3 heteroatoms. The Labute approximate surface area is 105 Å². The Morgan fingerprint density at radius 1 is 1.18 bits per heavy atom. The lowest BCUT2D eigenvalue weighted by atomic mass is 10.2. The van der Waals surface area contributed by atoms with Crippen molar-refractivity contribution in [2.45, 2.75) is 45.6 Å². The Morgan fingerprint density at radius 2 is 2.06 bits per heavy atom. The molecule has 17 heavy (non-hydrogen) atoms. The van der Waals surface area contributed by atoms with E-state index in [1.54, 1.807) is 6.26 Å². The molecule has 0 amide bonds. The van der Waals surface area contributed by atoms with Gasteiger partial charge in [0.1, 0.15) is 12.4 Å². The minimum Gasteiger partial charge on any atom is -0.467 e. The van der Waals surface area contributed by atoms with E-state index in [0.29, 0.717) is 6.61 Å². The van der Waals surface area contributed by atoms with Crippen LogP contribution in [0.3, 0.4) is 0 Å². The average molecular weight is 239 g/mol. The summed E-state index contributed by atoms with van der Waals surface area (Å²) in [5.41, 5.74) is 0. The molecule has 1 N–H and O–H groups in total. The van der Waals surface area contributed by atoms with Crippen LogP contribution in [0, 0.1) is 0 Å². The van der Waals surface area contributed by atoms with Gasteiger partial charge in [-0.1, -0.05) is 26.2 Å². The molecule has 0 aliphatic heterocycles. The van der Waals surface area contributed by atoms with Crippen LogP contribution in [0.2, 0.25) is 0 Å². The zero-order chi connectivity index (χ0) is 12.2. The molecule has 1 aromatic rings. The van der Waals surface area contributed by atoms with Gasteiger partial charge >= 0.3 is 0 Å². The Kier molecular flexibility index (Phi) is 8.69. The average Bonchev–Trinajstić information content (AvgIpc) is 2.85. The lowest BCUT2D eigenvalue weighted by molar-refractivity contribution is 0.104. The molecule has 0 fully saturated rings. The first kappa shape index (κ1) is 14.3. The molecule has 0 aliphatic carbocycles. The SMILES string of the molecule is CCCCCCNCCCOCc1ccco1. The van der Waals surface area contributed by atoms with Crippen LogP contribution in [0.15, 0.2) is 22.8 Å². The lowest BCUT2D eigenvalue weighted by Crippen LogP contribution is -2.18. The quantitative estimate of drug-likeness (QED) is 0.601. The van der Waals surface area contributed by atoms with Crippen molar-refractivity contribution in [3.05, 3.63) is 24.2 Å². The first-order valence-electron chi connectivity index (χ1n) is 6.74. The largest absolute Gasteiger partial charge is 0.467 e. The molecule has 0 radical (unpaired) electrons. The normalized spacial score (nSPS) is 10.9. The van der Waals surface area contributed by atoms with Crippen molar-refractivity contribution in [3.63, 3.8) is 0 Å². The van der Waals surface area contributed by atoms with Gasteiger partial charge in [0.15, 0.2) is 0 Å². The van der Waals surface area contributed by atoms with Crippen molar-refractivity contribution < 1.29 is 9.15 Å². The van der Waals surface area contributed by atoms with Gasteiger partial charge in [0.25, 0.3) is 0 Å². The van der Waals surface area contributed by atoms with Gasteiger partial charge in [-0.2, -0.15) is 0 Å². The fourth-order valence-electron chi connectivity index (χ4n) is 1.67. The van der Waals surface area contributed by atoms with Crippen LogP contribution in [0.1, 0.15) is 44.8 Å². The molecule has 1 aromatic heterocycles. The molecule has 0 spiro atoms. The van der Waals surface area contributed by atoms with Crippen LogP contribution in [0.5, 0.6) is 0 Å². The Bertz CT molecular complexity index is 247. The van der Waals surface area contributed by atoms with Gasteiger partial charge < -0.3 is 14.5 Å². The molecule has 0 unspecified atom stereocenters. The molecule has 0 bridgehead atoms. The van der Waals surface area contributed by atoms with E-state index in [9.17, 15) is 0 Å². The third-order valence-corrected chi connectivity index (χ3v) is 2.67. The highest BCUT2D eigenvalue weighted by molar-refractivity contribution is 4.95. The molecule has 0 atom stereocenters. The summed E-state index contributed by atoms with van der Waals surface area (Å²) in [5.74, 6) is 0.900. The first-order chi connectivity index (χ1) is 8.43. The Morgan fingerprint density at radius 3 is 2.82 bits per heavy atom. The summed E-state index contributed by atoms with van der Waals surface area (Å²) < 4.78 is 10.7. The number of unbranched alkanes of at least 4 members (excludes halogenated alkanes) is 3. The van der Waals surface area contributed by atoms with E-state index in [1.807, 2.05) is 12.1 Å². The minimum atomic E-state index is 0.587. The highest BCUT2D eigenvalue weighted by Crippen LogP contribution is 2.01. The molecule has 0 saturated carbocycles. The molecule has 0 aliphatic rings. The third kappa shape index (κ3) is 8.00. The van der Waals surface area contributed by atoms with Crippen LogP contribution in [-0.4, -0.2) is 19.7 Å². The predicted molar refractivity (Wildman–Crippen MR) is 70.0 cm³/mol. The second-order valence-electron chi connectivity index (χ2n) is 4.30. The van der Waals surface area contributed by atoms with E-state index in [2.05, 4.69) is 12.2 Å². The molecular formula is C14H25NO2. The van der Waals surface area contributed by atoms with Crippen molar-refractivity contribution in [3.8, 4) is 0 Å². The number of nitrogens with one attached hydrogen (secondary N) is 1. The third-order valence-electron chi connectivity index (χ3n) is 2.67. The second kappa shape index (κ2) is 10.4. The summed E-state index contributed by atoms with van der Waals surface area (Å²) in [6.07, 6.45) is 8.04. The fourth-order valence-corrected chi connectivity index (χ4v) is 1.67.